The summed E-state index contributed by atoms with van der Waals surface area (Å²) in [6, 6.07) is 45.0. The molecule has 35 heavy (non-hydrogen) atoms. The second-order valence-electron chi connectivity index (χ2n) is 10.9. The predicted molar refractivity (Wildman–Crippen MR) is 157 cm³/mol. The maximum atomic E-state index is 6.78. The molecule has 180 valence electrons. The van der Waals surface area contributed by atoms with E-state index < -0.39 is 16.4 Å². The molecule has 0 saturated heterocycles. The van der Waals surface area contributed by atoms with E-state index >= 15 is 0 Å². The van der Waals surface area contributed by atoms with Gasteiger partial charge in [-0.05, 0) is 44.3 Å². The molecular weight excluding hydrogens is 457 g/mol. The lowest BCUT2D eigenvalue weighted by molar-refractivity contribution is 0.354. The fourth-order valence-electron chi connectivity index (χ4n) is 5.81. The Hall–Kier alpha value is -2.73. The molecule has 0 unspecified atom stereocenters. The third kappa shape index (κ3) is 4.99. The first-order valence-electron chi connectivity index (χ1n) is 12.6. The van der Waals surface area contributed by atoms with E-state index in [1.165, 1.54) is 20.7 Å². The quantitative estimate of drug-likeness (QED) is 0.228. The Labute approximate surface area is 214 Å². The van der Waals surface area contributed by atoms with E-state index in [-0.39, 0.29) is 5.41 Å². The summed E-state index contributed by atoms with van der Waals surface area (Å²) < 4.78 is 6.78. The van der Waals surface area contributed by atoms with Gasteiger partial charge in [0.1, 0.15) is 0 Å². The Balaban J connectivity index is 2.16. The Morgan fingerprint density at radius 3 is 1.17 bits per heavy atom. The van der Waals surface area contributed by atoms with Gasteiger partial charge in [0.05, 0.1) is 0 Å². The molecule has 0 bridgehead atoms. The molecule has 0 aliphatic carbocycles. The molecule has 0 radical (unpaired) electrons. The fourth-order valence-corrected chi connectivity index (χ4v) is 19.5. The van der Waals surface area contributed by atoms with Crippen LogP contribution in [0, 0.1) is 5.41 Å². The summed E-state index contributed by atoms with van der Waals surface area (Å²) in [6.07, 6.45) is 1.09. The van der Waals surface area contributed by atoms with Gasteiger partial charge in [-0.25, -0.2) is 0 Å². The molecule has 0 saturated carbocycles. The van der Waals surface area contributed by atoms with Crippen molar-refractivity contribution in [3.05, 3.63) is 121 Å². The number of benzene rings is 4. The molecule has 0 aliphatic heterocycles. The first kappa shape index (κ1) is 25.4. The zero-order valence-electron chi connectivity index (χ0n) is 21.7. The van der Waals surface area contributed by atoms with Crippen LogP contribution in [0.2, 0.25) is 11.7 Å². The monoisotopic (exact) mass is 494 g/mol. The van der Waals surface area contributed by atoms with Crippen molar-refractivity contribution >= 4 is 37.1 Å². The largest absolute Gasteiger partial charge is 0.416 e. The van der Waals surface area contributed by atoms with Gasteiger partial charge in [-0.15, -0.1) is 0 Å². The van der Waals surface area contributed by atoms with E-state index in [9.17, 15) is 0 Å². The summed E-state index contributed by atoms with van der Waals surface area (Å²) in [4.78, 5) is 0. The molecule has 0 amide bonds. The van der Waals surface area contributed by atoms with Gasteiger partial charge in [-0.2, -0.15) is 0 Å². The SMILES string of the molecule is CO[Si@](C)(c1ccccc1)[C@@H](CC(C)(C)C)[Si](c1ccccc1)(c1ccccc1)c1ccccc1. The Morgan fingerprint density at radius 2 is 0.886 bits per heavy atom. The molecule has 0 aliphatic rings. The molecule has 4 rings (SSSR count). The van der Waals surface area contributed by atoms with Gasteiger partial charge >= 0.3 is 0 Å². The van der Waals surface area contributed by atoms with Crippen LogP contribution in [0.15, 0.2) is 121 Å². The van der Waals surface area contributed by atoms with Crippen molar-refractivity contribution in [1.82, 2.24) is 0 Å². The minimum atomic E-state index is -2.57. The standard InChI is InChI=1S/C32H38OSi2/c1-32(2,3)26-31(34(5,33-4)27-18-10-6-11-19-27)35(28-20-12-7-13-21-28,29-22-14-8-15-23-29)30-24-16-9-17-25-30/h6-25,31H,26H2,1-5H3/t31-,34-/m1/s1. The van der Waals surface area contributed by atoms with Crippen LogP contribution >= 0.6 is 0 Å². The third-order valence-electron chi connectivity index (χ3n) is 7.46. The molecule has 4 aromatic carbocycles. The Bertz CT molecular complexity index is 1090. The second-order valence-corrected chi connectivity index (χ2v) is 19.4. The van der Waals surface area contributed by atoms with Gasteiger partial charge in [-0.1, -0.05) is 142 Å². The van der Waals surface area contributed by atoms with Crippen LogP contribution < -0.4 is 20.7 Å². The molecule has 3 heteroatoms. The zero-order chi connectivity index (χ0) is 24.9. The van der Waals surface area contributed by atoms with Crippen LogP contribution in [0.5, 0.6) is 0 Å². The topological polar surface area (TPSA) is 9.23 Å². The van der Waals surface area contributed by atoms with Crippen molar-refractivity contribution in [2.75, 3.05) is 7.11 Å². The Kier molecular flexibility index (Phi) is 7.60. The van der Waals surface area contributed by atoms with Crippen LogP contribution in [0.1, 0.15) is 27.2 Å². The van der Waals surface area contributed by atoms with Gasteiger partial charge in [0.2, 0.25) is 8.32 Å². The van der Waals surface area contributed by atoms with Crippen molar-refractivity contribution in [2.45, 2.75) is 38.9 Å². The average Bonchev–Trinajstić information content (AvgIpc) is 2.90. The van der Waals surface area contributed by atoms with Crippen LogP contribution in [0.4, 0.5) is 0 Å². The van der Waals surface area contributed by atoms with E-state index in [2.05, 4.69) is 149 Å². The average molecular weight is 495 g/mol. The summed E-state index contributed by atoms with van der Waals surface area (Å²) in [6.45, 7) is 9.61. The summed E-state index contributed by atoms with van der Waals surface area (Å²) in [5, 5.41) is 6.11. The molecule has 4 aromatic rings. The van der Waals surface area contributed by atoms with Crippen molar-refractivity contribution in [2.24, 2.45) is 5.41 Å². The van der Waals surface area contributed by atoms with Crippen LogP contribution in [-0.4, -0.2) is 23.5 Å². The molecule has 0 heterocycles. The highest BCUT2D eigenvalue weighted by Gasteiger charge is 2.57. The molecular formula is C32H38OSi2. The zero-order valence-corrected chi connectivity index (χ0v) is 23.7. The fraction of sp³-hybridized carbons (Fsp3) is 0.250. The minimum Gasteiger partial charge on any atom is -0.416 e. The van der Waals surface area contributed by atoms with Crippen molar-refractivity contribution < 1.29 is 4.43 Å². The Morgan fingerprint density at radius 1 is 0.571 bits per heavy atom. The number of hydrogen-bond donors (Lipinski definition) is 0. The number of hydrogen-bond acceptors (Lipinski definition) is 1. The van der Waals surface area contributed by atoms with Crippen LogP contribution in [0.25, 0.3) is 0 Å². The molecule has 0 aromatic heterocycles. The molecule has 0 fully saturated rings. The van der Waals surface area contributed by atoms with E-state index in [1.54, 1.807) is 0 Å². The van der Waals surface area contributed by atoms with Crippen LogP contribution in [0.3, 0.4) is 0 Å². The molecule has 0 spiro atoms. The van der Waals surface area contributed by atoms with Gasteiger partial charge in [-0.3, -0.25) is 0 Å². The first-order chi connectivity index (χ1) is 16.8. The predicted octanol–water partition coefficient (Wildman–Crippen LogP) is 5.63. The maximum Gasteiger partial charge on any atom is 0.222 e. The minimum absolute atomic E-state index is 0.142. The summed E-state index contributed by atoms with van der Waals surface area (Å²) in [7, 11) is -3.07. The number of rotatable bonds is 8. The summed E-state index contributed by atoms with van der Waals surface area (Å²) >= 11 is 0. The summed E-state index contributed by atoms with van der Waals surface area (Å²) in [5.41, 5.74) is 0.142. The van der Waals surface area contributed by atoms with E-state index in [0.717, 1.165) is 6.42 Å². The van der Waals surface area contributed by atoms with E-state index in [4.69, 9.17) is 4.43 Å². The van der Waals surface area contributed by atoms with Crippen molar-refractivity contribution in [3.63, 3.8) is 0 Å². The van der Waals surface area contributed by atoms with E-state index in [1.807, 2.05) is 7.11 Å². The van der Waals surface area contributed by atoms with E-state index in [0.29, 0.717) is 5.16 Å². The highest BCUT2D eigenvalue weighted by molar-refractivity contribution is 7.19. The molecule has 0 N–H and O–H groups in total. The normalized spacial score (nSPS) is 14.8. The lowest BCUT2D eigenvalue weighted by atomic mass is 9.93. The lowest BCUT2D eigenvalue weighted by Crippen LogP contribution is -2.76. The lowest BCUT2D eigenvalue weighted by Gasteiger charge is -2.49. The van der Waals surface area contributed by atoms with Crippen LogP contribution in [-0.2, 0) is 4.43 Å². The van der Waals surface area contributed by atoms with Gasteiger partial charge in [0.25, 0.3) is 0 Å². The van der Waals surface area contributed by atoms with Crippen molar-refractivity contribution in [1.29, 1.82) is 0 Å². The second kappa shape index (κ2) is 10.5. The van der Waals surface area contributed by atoms with Crippen molar-refractivity contribution in [3.8, 4) is 0 Å². The highest BCUT2D eigenvalue weighted by atomic mass is 28.4. The molecule has 2 atom stereocenters. The highest BCUT2D eigenvalue weighted by Crippen LogP contribution is 2.41. The maximum absolute atomic E-state index is 6.78. The first-order valence-corrected chi connectivity index (χ1v) is 17.2. The third-order valence-corrected chi connectivity index (χ3v) is 19.3. The molecule has 1 nitrogen and oxygen atoms in total. The van der Waals surface area contributed by atoms with Gasteiger partial charge in [0.15, 0.2) is 8.07 Å². The smallest absolute Gasteiger partial charge is 0.222 e. The van der Waals surface area contributed by atoms with Gasteiger partial charge < -0.3 is 4.43 Å². The summed E-state index contributed by atoms with van der Waals surface area (Å²) in [5.74, 6) is 0. The van der Waals surface area contributed by atoms with Gasteiger partial charge in [0, 0.05) is 7.11 Å².